The molecule has 0 aromatic carbocycles. The molecule has 2 aromatic rings. The fourth-order valence-corrected chi connectivity index (χ4v) is 1.59. The molecule has 0 aliphatic carbocycles. The summed E-state index contributed by atoms with van der Waals surface area (Å²) in [7, 11) is 0. The SMILES string of the molecule is FCCC[n+]1ccc(-c2ccncc2)cc1. The normalized spacial score (nSPS) is 10.3. The largest absolute Gasteiger partial charge is 0.265 e. The topological polar surface area (TPSA) is 16.8 Å². The Morgan fingerprint density at radius 1 is 1.00 bits per heavy atom. The van der Waals surface area contributed by atoms with Gasteiger partial charge in [0.15, 0.2) is 18.9 Å². The molecule has 0 fully saturated rings. The van der Waals surface area contributed by atoms with E-state index in [2.05, 4.69) is 4.98 Å². The molecule has 0 unspecified atom stereocenters. The van der Waals surface area contributed by atoms with Crippen molar-refractivity contribution in [3.05, 3.63) is 49.1 Å². The van der Waals surface area contributed by atoms with Gasteiger partial charge in [0.2, 0.25) is 0 Å². The fraction of sp³-hybridized carbons (Fsp3) is 0.231. The molecule has 0 spiro atoms. The van der Waals surface area contributed by atoms with Crippen LogP contribution in [-0.4, -0.2) is 11.7 Å². The van der Waals surface area contributed by atoms with Crippen LogP contribution in [-0.2, 0) is 6.54 Å². The lowest BCUT2D eigenvalue weighted by Gasteiger charge is -1.99. The standard InChI is InChI=1S/C13H14FN2/c14-6-1-9-16-10-4-13(5-11-16)12-2-7-15-8-3-12/h2-5,7-8,10-11H,1,6,9H2/q+1. The number of aromatic nitrogens is 2. The number of alkyl halides is 1. The molecule has 0 N–H and O–H groups in total. The summed E-state index contributed by atoms with van der Waals surface area (Å²) in [5.41, 5.74) is 2.30. The smallest absolute Gasteiger partial charge is 0.169 e. The molecule has 82 valence electrons. The molecule has 3 heteroatoms. The quantitative estimate of drug-likeness (QED) is 0.718. The molecule has 2 rings (SSSR count). The molecule has 0 saturated heterocycles. The molecule has 0 amide bonds. The van der Waals surface area contributed by atoms with Crippen molar-refractivity contribution in [1.29, 1.82) is 0 Å². The van der Waals surface area contributed by atoms with Crippen LogP contribution in [0.15, 0.2) is 49.1 Å². The molecule has 0 aliphatic heterocycles. The van der Waals surface area contributed by atoms with Crippen LogP contribution in [0.5, 0.6) is 0 Å². The van der Waals surface area contributed by atoms with Crippen molar-refractivity contribution in [2.75, 3.05) is 6.67 Å². The Balaban J connectivity index is 2.13. The van der Waals surface area contributed by atoms with Crippen LogP contribution in [0.2, 0.25) is 0 Å². The van der Waals surface area contributed by atoms with Gasteiger partial charge in [0.25, 0.3) is 0 Å². The summed E-state index contributed by atoms with van der Waals surface area (Å²) in [4.78, 5) is 3.98. The maximum atomic E-state index is 12.0. The Bertz CT molecular complexity index is 425. The van der Waals surface area contributed by atoms with Crippen molar-refractivity contribution in [2.45, 2.75) is 13.0 Å². The first-order chi connectivity index (χ1) is 7.90. The summed E-state index contributed by atoms with van der Waals surface area (Å²) in [5, 5.41) is 0. The van der Waals surface area contributed by atoms with E-state index in [0.29, 0.717) is 6.42 Å². The molecule has 0 radical (unpaired) electrons. The molecule has 0 aliphatic rings. The van der Waals surface area contributed by atoms with Gasteiger partial charge in [-0.25, -0.2) is 4.57 Å². The molecule has 2 heterocycles. The second-order valence-electron chi connectivity index (χ2n) is 3.60. The second-order valence-corrected chi connectivity index (χ2v) is 3.60. The van der Waals surface area contributed by atoms with Gasteiger partial charge >= 0.3 is 0 Å². The molecule has 2 aromatic heterocycles. The molecule has 0 atom stereocenters. The minimum Gasteiger partial charge on any atom is -0.265 e. The number of rotatable bonds is 4. The third-order valence-electron chi connectivity index (χ3n) is 2.45. The predicted octanol–water partition coefficient (Wildman–Crippen LogP) is 2.40. The first kappa shape index (κ1) is 10.7. The maximum absolute atomic E-state index is 12.0. The summed E-state index contributed by atoms with van der Waals surface area (Å²) in [6.45, 7) is 0.465. The van der Waals surface area contributed by atoms with Crippen LogP contribution in [0.4, 0.5) is 4.39 Å². The van der Waals surface area contributed by atoms with E-state index in [9.17, 15) is 4.39 Å². The van der Waals surface area contributed by atoms with Crippen molar-refractivity contribution in [3.63, 3.8) is 0 Å². The van der Waals surface area contributed by atoms with Crippen LogP contribution < -0.4 is 4.57 Å². The highest BCUT2D eigenvalue weighted by Crippen LogP contribution is 2.15. The van der Waals surface area contributed by atoms with Crippen LogP contribution in [0, 0.1) is 0 Å². The summed E-state index contributed by atoms with van der Waals surface area (Å²) in [5.74, 6) is 0. The molecule has 0 saturated carbocycles. The third-order valence-corrected chi connectivity index (χ3v) is 2.45. The average molecular weight is 217 g/mol. The minimum absolute atomic E-state index is 0.265. The number of halogens is 1. The van der Waals surface area contributed by atoms with Gasteiger partial charge in [-0.1, -0.05) is 0 Å². The molecular formula is C13H14FN2+. The lowest BCUT2D eigenvalue weighted by molar-refractivity contribution is -0.697. The number of hydrogen-bond acceptors (Lipinski definition) is 1. The van der Waals surface area contributed by atoms with Crippen molar-refractivity contribution in [2.24, 2.45) is 0 Å². The Kier molecular flexibility index (Phi) is 3.59. The number of nitrogens with zero attached hydrogens (tertiary/aromatic N) is 2. The van der Waals surface area contributed by atoms with E-state index in [1.54, 1.807) is 12.4 Å². The lowest BCUT2D eigenvalue weighted by atomic mass is 10.1. The zero-order valence-electron chi connectivity index (χ0n) is 9.01. The number of aryl methyl sites for hydroxylation is 1. The number of hydrogen-bond donors (Lipinski definition) is 0. The van der Waals surface area contributed by atoms with E-state index in [1.165, 1.54) is 0 Å². The highest BCUT2D eigenvalue weighted by atomic mass is 19.1. The van der Waals surface area contributed by atoms with Crippen LogP contribution in [0.25, 0.3) is 11.1 Å². The molecular weight excluding hydrogens is 203 g/mol. The first-order valence-corrected chi connectivity index (χ1v) is 5.35. The Labute approximate surface area is 94.4 Å². The van der Waals surface area contributed by atoms with Gasteiger partial charge in [0, 0.05) is 30.9 Å². The van der Waals surface area contributed by atoms with E-state index >= 15 is 0 Å². The zero-order chi connectivity index (χ0) is 11.2. The molecule has 16 heavy (non-hydrogen) atoms. The summed E-state index contributed by atoms with van der Waals surface area (Å²) in [6.07, 6.45) is 8.08. The summed E-state index contributed by atoms with van der Waals surface area (Å²) < 4.78 is 14.0. The van der Waals surface area contributed by atoms with E-state index in [0.717, 1.165) is 17.7 Å². The van der Waals surface area contributed by atoms with Crippen LogP contribution in [0.1, 0.15) is 6.42 Å². The van der Waals surface area contributed by atoms with E-state index in [1.807, 2.05) is 41.2 Å². The van der Waals surface area contributed by atoms with Gasteiger partial charge in [-0.15, -0.1) is 0 Å². The Morgan fingerprint density at radius 2 is 1.62 bits per heavy atom. The van der Waals surface area contributed by atoms with Gasteiger partial charge in [-0.3, -0.25) is 9.37 Å². The maximum Gasteiger partial charge on any atom is 0.169 e. The average Bonchev–Trinajstić information content (AvgIpc) is 2.38. The van der Waals surface area contributed by atoms with Crippen molar-refractivity contribution in [1.82, 2.24) is 4.98 Å². The summed E-state index contributed by atoms with van der Waals surface area (Å²) in [6, 6.07) is 8.02. The van der Waals surface area contributed by atoms with E-state index in [4.69, 9.17) is 0 Å². The second kappa shape index (κ2) is 5.35. The minimum atomic E-state index is -0.265. The van der Waals surface area contributed by atoms with Gasteiger partial charge < -0.3 is 0 Å². The molecule has 2 nitrogen and oxygen atoms in total. The van der Waals surface area contributed by atoms with Crippen LogP contribution >= 0.6 is 0 Å². The Morgan fingerprint density at radius 3 is 2.25 bits per heavy atom. The van der Waals surface area contributed by atoms with Gasteiger partial charge in [0.1, 0.15) is 0 Å². The van der Waals surface area contributed by atoms with Crippen molar-refractivity contribution >= 4 is 0 Å². The monoisotopic (exact) mass is 217 g/mol. The number of pyridine rings is 2. The van der Waals surface area contributed by atoms with Crippen molar-refractivity contribution in [3.8, 4) is 11.1 Å². The molecule has 0 bridgehead atoms. The van der Waals surface area contributed by atoms with Gasteiger partial charge in [-0.05, 0) is 23.3 Å². The predicted molar refractivity (Wildman–Crippen MR) is 60.5 cm³/mol. The first-order valence-electron chi connectivity index (χ1n) is 5.35. The third kappa shape index (κ3) is 2.63. The zero-order valence-corrected chi connectivity index (χ0v) is 9.01. The van der Waals surface area contributed by atoms with Crippen molar-refractivity contribution < 1.29 is 8.96 Å². The Hall–Kier alpha value is -1.77. The summed E-state index contributed by atoms with van der Waals surface area (Å²) >= 11 is 0. The van der Waals surface area contributed by atoms with Gasteiger partial charge in [0.05, 0.1) is 6.67 Å². The van der Waals surface area contributed by atoms with E-state index in [-0.39, 0.29) is 6.67 Å². The van der Waals surface area contributed by atoms with Gasteiger partial charge in [-0.2, -0.15) is 0 Å². The van der Waals surface area contributed by atoms with E-state index < -0.39 is 0 Å². The highest BCUT2D eigenvalue weighted by molar-refractivity contribution is 5.61. The fourth-order valence-electron chi connectivity index (χ4n) is 1.59. The lowest BCUT2D eigenvalue weighted by Crippen LogP contribution is -2.32. The van der Waals surface area contributed by atoms with Crippen LogP contribution in [0.3, 0.4) is 0 Å². The highest BCUT2D eigenvalue weighted by Gasteiger charge is 2.01.